The Labute approximate surface area is 122 Å². The molecular formula is C17H27NO2. The summed E-state index contributed by atoms with van der Waals surface area (Å²) in [6.45, 7) is 5.34. The van der Waals surface area contributed by atoms with Crippen molar-refractivity contribution in [2.75, 3.05) is 18.5 Å². The number of nitrogens with one attached hydrogen (secondary N) is 1. The number of rotatable bonds is 6. The summed E-state index contributed by atoms with van der Waals surface area (Å²) in [7, 11) is 0. The molecule has 0 bridgehead atoms. The summed E-state index contributed by atoms with van der Waals surface area (Å²) in [6, 6.07) is 8.14. The average Bonchev–Trinajstić information content (AvgIpc) is 2.46. The Morgan fingerprint density at radius 1 is 1.15 bits per heavy atom. The second-order valence-corrected chi connectivity index (χ2v) is 6.06. The average molecular weight is 277 g/mol. The lowest BCUT2D eigenvalue weighted by Gasteiger charge is -2.30. The van der Waals surface area contributed by atoms with E-state index in [9.17, 15) is 5.11 Å². The summed E-state index contributed by atoms with van der Waals surface area (Å²) in [5.74, 6) is 1.98. The van der Waals surface area contributed by atoms with E-state index in [1.807, 2.05) is 26.0 Å². The molecule has 112 valence electrons. The van der Waals surface area contributed by atoms with Crippen molar-refractivity contribution >= 4 is 5.69 Å². The fourth-order valence-electron chi connectivity index (χ4n) is 2.97. The standard InChI is InChI=1S/C17H27NO2/c1-13(2)20-17-9-7-16(8-10-17)18-11-14-5-3-4-6-15(14)12-19/h7-10,13-15,18-19H,3-6,11-12H2,1-2H3. The molecular weight excluding hydrogens is 250 g/mol. The Bertz CT molecular complexity index is 388. The van der Waals surface area contributed by atoms with E-state index >= 15 is 0 Å². The van der Waals surface area contributed by atoms with E-state index in [4.69, 9.17) is 4.74 Å². The van der Waals surface area contributed by atoms with E-state index in [0.29, 0.717) is 18.4 Å². The van der Waals surface area contributed by atoms with Crippen molar-refractivity contribution in [3.05, 3.63) is 24.3 Å². The predicted octanol–water partition coefficient (Wildman–Crippen LogP) is 3.68. The monoisotopic (exact) mass is 277 g/mol. The topological polar surface area (TPSA) is 41.5 Å². The van der Waals surface area contributed by atoms with Crippen molar-refractivity contribution in [3.8, 4) is 5.75 Å². The maximum absolute atomic E-state index is 9.43. The van der Waals surface area contributed by atoms with Gasteiger partial charge < -0.3 is 15.2 Å². The van der Waals surface area contributed by atoms with Gasteiger partial charge in [-0.1, -0.05) is 12.8 Å². The van der Waals surface area contributed by atoms with Gasteiger partial charge in [-0.05, 0) is 62.8 Å². The van der Waals surface area contributed by atoms with Gasteiger partial charge in [-0.3, -0.25) is 0 Å². The van der Waals surface area contributed by atoms with E-state index < -0.39 is 0 Å². The van der Waals surface area contributed by atoms with Gasteiger partial charge in [0.05, 0.1) is 6.10 Å². The van der Waals surface area contributed by atoms with Crippen LogP contribution >= 0.6 is 0 Å². The number of hydrogen-bond acceptors (Lipinski definition) is 3. The zero-order chi connectivity index (χ0) is 14.4. The first-order valence-electron chi connectivity index (χ1n) is 7.80. The van der Waals surface area contributed by atoms with Gasteiger partial charge >= 0.3 is 0 Å². The van der Waals surface area contributed by atoms with Crippen molar-refractivity contribution in [3.63, 3.8) is 0 Å². The predicted molar refractivity (Wildman–Crippen MR) is 83.2 cm³/mol. The molecule has 0 aliphatic heterocycles. The SMILES string of the molecule is CC(C)Oc1ccc(NCC2CCCCC2CO)cc1. The van der Waals surface area contributed by atoms with Gasteiger partial charge in [0, 0.05) is 18.8 Å². The van der Waals surface area contributed by atoms with Gasteiger partial charge in [-0.15, -0.1) is 0 Å². The smallest absolute Gasteiger partial charge is 0.119 e. The summed E-state index contributed by atoms with van der Waals surface area (Å²) >= 11 is 0. The van der Waals surface area contributed by atoms with E-state index in [2.05, 4.69) is 17.4 Å². The third-order valence-electron chi connectivity index (χ3n) is 4.10. The lowest BCUT2D eigenvalue weighted by molar-refractivity contribution is 0.141. The largest absolute Gasteiger partial charge is 0.491 e. The molecule has 1 saturated carbocycles. The summed E-state index contributed by atoms with van der Waals surface area (Å²) < 4.78 is 5.64. The van der Waals surface area contributed by atoms with Crippen LogP contribution < -0.4 is 10.1 Å². The minimum atomic E-state index is 0.210. The molecule has 1 aliphatic carbocycles. The van der Waals surface area contributed by atoms with Crippen molar-refractivity contribution < 1.29 is 9.84 Å². The highest BCUT2D eigenvalue weighted by Crippen LogP contribution is 2.30. The van der Waals surface area contributed by atoms with Crippen LogP contribution in [0, 0.1) is 11.8 Å². The molecule has 1 aromatic rings. The van der Waals surface area contributed by atoms with Crippen molar-refractivity contribution in [1.29, 1.82) is 0 Å². The fraction of sp³-hybridized carbons (Fsp3) is 0.647. The van der Waals surface area contributed by atoms with E-state index in [-0.39, 0.29) is 6.10 Å². The molecule has 0 saturated heterocycles. The molecule has 20 heavy (non-hydrogen) atoms. The fourth-order valence-corrected chi connectivity index (χ4v) is 2.97. The minimum Gasteiger partial charge on any atom is -0.491 e. The quantitative estimate of drug-likeness (QED) is 0.833. The zero-order valence-electron chi connectivity index (χ0n) is 12.6. The minimum absolute atomic E-state index is 0.210. The van der Waals surface area contributed by atoms with Crippen LogP contribution in [0.25, 0.3) is 0 Å². The van der Waals surface area contributed by atoms with E-state index in [1.54, 1.807) is 0 Å². The summed E-state index contributed by atoms with van der Waals surface area (Å²) in [5, 5.41) is 12.9. The molecule has 1 fully saturated rings. The molecule has 0 radical (unpaired) electrons. The zero-order valence-corrected chi connectivity index (χ0v) is 12.6. The molecule has 2 rings (SSSR count). The maximum atomic E-state index is 9.43. The molecule has 1 aromatic carbocycles. The molecule has 0 heterocycles. The van der Waals surface area contributed by atoms with Crippen molar-refractivity contribution in [1.82, 2.24) is 0 Å². The number of aliphatic hydroxyl groups excluding tert-OH is 1. The third kappa shape index (κ3) is 4.41. The lowest BCUT2D eigenvalue weighted by atomic mass is 9.79. The highest BCUT2D eigenvalue weighted by molar-refractivity contribution is 5.46. The van der Waals surface area contributed by atoms with E-state index in [0.717, 1.165) is 18.0 Å². The van der Waals surface area contributed by atoms with Crippen LogP contribution in [-0.4, -0.2) is 24.4 Å². The van der Waals surface area contributed by atoms with Crippen molar-refractivity contribution in [2.24, 2.45) is 11.8 Å². The number of benzene rings is 1. The van der Waals surface area contributed by atoms with Gasteiger partial charge in [0.15, 0.2) is 0 Å². The molecule has 2 N–H and O–H groups in total. The molecule has 2 atom stereocenters. The summed E-state index contributed by atoms with van der Waals surface area (Å²) in [6.07, 6.45) is 5.17. The first kappa shape index (κ1) is 15.2. The summed E-state index contributed by atoms with van der Waals surface area (Å²) in [5.41, 5.74) is 1.13. The van der Waals surface area contributed by atoms with Crippen LogP contribution in [0.1, 0.15) is 39.5 Å². The van der Waals surface area contributed by atoms with Gasteiger partial charge in [-0.2, -0.15) is 0 Å². The lowest BCUT2D eigenvalue weighted by Crippen LogP contribution is -2.28. The number of ether oxygens (including phenoxy) is 1. The first-order chi connectivity index (χ1) is 9.69. The Kier molecular flexibility index (Phi) is 5.72. The molecule has 0 aromatic heterocycles. The first-order valence-corrected chi connectivity index (χ1v) is 7.80. The second kappa shape index (κ2) is 7.53. The highest BCUT2D eigenvalue weighted by atomic mass is 16.5. The van der Waals surface area contributed by atoms with Crippen LogP contribution in [0.3, 0.4) is 0 Å². The van der Waals surface area contributed by atoms with Gasteiger partial charge in [0.1, 0.15) is 5.75 Å². The Morgan fingerprint density at radius 3 is 2.40 bits per heavy atom. The van der Waals surface area contributed by atoms with Crippen LogP contribution in [0.5, 0.6) is 5.75 Å². The molecule has 3 heteroatoms. The van der Waals surface area contributed by atoms with Crippen LogP contribution in [0.2, 0.25) is 0 Å². The summed E-state index contributed by atoms with van der Waals surface area (Å²) in [4.78, 5) is 0. The molecule has 1 aliphatic rings. The molecule has 3 nitrogen and oxygen atoms in total. The molecule has 2 unspecified atom stereocenters. The van der Waals surface area contributed by atoms with Crippen LogP contribution in [-0.2, 0) is 0 Å². The number of anilines is 1. The normalized spacial score (nSPS) is 22.8. The second-order valence-electron chi connectivity index (χ2n) is 6.06. The highest BCUT2D eigenvalue weighted by Gasteiger charge is 2.23. The number of hydrogen-bond donors (Lipinski definition) is 2. The van der Waals surface area contributed by atoms with Crippen molar-refractivity contribution in [2.45, 2.75) is 45.6 Å². The van der Waals surface area contributed by atoms with Crippen LogP contribution in [0.15, 0.2) is 24.3 Å². The maximum Gasteiger partial charge on any atom is 0.119 e. The Morgan fingerprint density at radius 2 is 1.80 bits per heavy atom. The van der Waals surface area contributed by atoms with Gasteiger partial charge in [-0.25, -0.2) is 0 Å². The Balaban J connectivity index is 1.83. The third-order valence-corrected chi connectivity index (χ3v) is 4.10. The van der Waals surface area contributed by atoms with Gasteiger partial charge in [0.25, 0.3) is 0 Å². The van der Waals surface area contributed by atoms with E-state index in [1.165, 1.54) is 25.7 Å². The van der Waals surface area contributed by atoms with Gasteiger partial charge in [0.2, 0.25) is 0 Å². The Hall–Kier alpha value is -1.22. The van der Waals surface area contributed by atoms with Crippen LogP contribution in [0.4, 0.5) is 5.69 Å². The number of aliphatic hydroxyl groups is 1. The molecule has 0 spiro atoms. The molecule has 0 amide bonds.